The third-order valence-electron chi connectivity index (χ3n) is 5.34. The molecule has 2 unspecified atom stereocenters. The van der Waals surface area contributed by atoms with Crippen molar-refractivity contribution in [2.75, 3.05) is 6.54 Å². The van der Waals surface area contributed by atoms with Crippen LogP contribution in [0.5, 0.6) is 5.75 Å². The van der Waals surface area contributed by atoms with E-state index in [-0.39, 0.29) is 0 Å². The normalized spacial score (nSPS) is 27.9. The standard InChI is InChI=1S/C18H26ClNO/c1-2-20-16-13-17(18(16)10-5-3-4-6-11-18)21-15-9-7-8-14(19)12-15/h7-9,12,16-17,20H,2-6,10-11,13H2,1H3. The van der Waals surface area contributed by atoms with E-state index in [4.69, 9.17) is 16.3 Å². The molecule has 0 aromatic heterocycles. The highest BCUT2D eigenvalue weighted by atomic mass is 35.5. The molecular formula is C18H26ClNO. The van der Waals surface area contributed by atoms with Crippen molar-refractivity contribution in [3.05, 3.63) is 29.3 Å². The van der Waals surface area contributed by atoms with Crippen LogP contribution in [0.1, 0.15) is 51.9 Å². The van der Waals surface area contributed by atoms with Crippen molar-refractivity contribution >= 4 is 11.6 Å². The number of nitrogens with one attached hydrogen (secondary N) is 1. The van der Waals surface area contributed by atoms with Crippen LogP contribution in [0.2, 0.25) is 5.02 Å². The zero-order valence-electron chi connectivity index (χ0n) is 12.9. The van der Waals surface area contributed by atoms with E-state index in [0.717, 1.165) is 23.7 Å². The summed E-state index contributed by atoms with van der Waals surface area (Å²) in [5.41, 5.74) is 0.342. The van der Waals surface area contributed by atoms with E-state index in [2.05, 4.69) is 12.2 Å². The van der Waals surface area contributed by atoms with Crippen LogP contribution in [-0.4, -0.2) is 18.7 Å². The lowest BCUT2D eigenvalue weighted by Gasteiger charge is -2.56. The second kappa shape index (κ2) is 6.58. The monoisotopic (exact) mass is 307 g/mol. The fraction of sp³-hybridized carbons (Fsp3) is 0.667. The Labute approximate surface area is 133 Å². The first-order valence-electron chi connectivity index (χ1n) is 8.40. The summed E-state index contributed by atoms with van der Waals surface area (Å²) < 4.78 is 6.33. The molecule has 2 aliphatic carbocycles. The SMILES string of the molecule is CCNC1CC(Oc2cccc(Cl)c2)C12CCCCCC2. The second-order valence-corrected chi connectivity index (χ2v) is 6.99. The van der Waals surface area contributed by atoms with Crippen molar-refractivity contribution in [3.8, 4) is 5.75 Å². The van der Waals surface area contributed by atoms with Crippen molar-refractivity contribution in [1.29, 1.82) is 0 Å². The smallest absolute Gasteiger partial charge is 0.121 e. The third kappa shape index (κ3) is 3.07. The number of hydrogen-bond donors (Lipinski definition) is 1. The molecule has 0 bridgehead atoms. The summed E-state index contributed by atoms with van der Waals surface area (Å²) in [6.07, 6.45) is 9.52. The average Bonchev–Trinajstić information content (AvgIpc) is 2.74. The molecule has 1 aromatic rings. The summed E-state index contributed by atoms with van der Waals surface area (Å²) in [7, 11) is 0. The van der Waals surface area contributed by atoms with Crippen molar-refractivity contribution in [3.63, 3.8) is 0 Å². The van der Waals surface area contributed by atoms with E-state index in [1.165, 1.54) is 38.5 Å². The molecule has 0 heterocycles. The highest BCUT2D eigenvalue weighted by Crippen LogP contribution is 2.52. The molecule has 116 valence electrons. The fourth-order valence-corrected chi connectivity index (χ4v) is 4.39. The maximum atomic E-state index is 6.33. The van der Waals surface area contributed by atoms with Gasteiger partial charge in [0.1, 0.15) is 11.9 Å². The summed E-state index contributed by atoms with van der Waals surface area (Å²) in [6.45, 7) is 3.26. The Morgan fingerprint density at radius 1 is 1.24 bits per heavy atom. The van der Waals surface area contributed by atoms with Crippen molar-refractivity contribution in [2.45, 2.75) is 64.0 Å². The Morgan fingerprint density at radius 3 is 2.67 bits per heavy atom. The Hall–Kier alpha value is -0.730. The third-order valence-corrected chi connectivity index (χ3v) is 5.58. The van der Waals surface area contributed by atoms with Crippen LogP contribution >= 0.6 is 11.6 Å². The van der Waals surface area contributed by atoms with E-state index in [1.54, 1.807) is 0 Å². The predicted molar refractivity (Wildman–Crippen MR) is 88.1 cm³/mol. The van der Waals surface area contributed by atoms with Crippen LogP contribution in [0.15, 0.2) is 24.3 Å². The van der Waals surface area contributed by atoms with E-state index in [1.807, 2.05) is 24.3 Å². The molecule has 0 amide bonds. The van der Waals surface area contributed by atoms with Gasteiger partial charge in [-0.2, -0.15) is 0 Å². The van der Waals surface area contributed by atoms with Crippen LogP contribution in [-0.2, 0) is 0 Å². The van der Waals surface area contributed by atoms with Crippen molar-refractivity contribution in [1.82, 2.24) is 5.32 Å². The molecule has 0 radical (unpaired) electrons. The van der Waals surface area contributed by atoms with E-state index < -0.39 is 0 Å². The molecule has 3 rings (SSSR count). The second-order valence-electron chi connectivity index (χ2n) is 6.56. The zero-order valence-corrected chi connectivity index (χ0v) is 13.7. The first-order valence-corrected chi connectivity index (χ1v) is 8.78. The van der Waals surface area contributed by atoms with Gasteiger partial charge in [-0.05, 0) is 37.6 Å². The molecule has 1 spiro atoms. The van der Waals surface area contributed by atoms with E-state index in [0.29, 0.717) is 17.6 Å². The Morgan fingerprint density at radius 2 is 2.00 bits per heavy atom. The summed E-state index contributed by atoms with van der Waals surface area (Å²) in [5, 5.41) is 4.45. The molecule has 2 atom stereocenters. The number of rotatable bonds is 4. The van der Waals surface area contributed by atoms with Gasteiger partial charge in [0.2, 0.25) is 0 Å². The van der Waals surface area contributed by atoms with Gasteiger partial charge in [-0.3, -0.25) is 0 Å². The van der Waals surface area contributed by atoms with Gasteiger partial charge in [-0.25, -0.2) is 0 Å². The highest BCUT2D eigenvalue weighted by molar-refractivity contribution is 6.30. The van der Waals surface area contributed by atoms with Gasteiger partial charge in [-0.1, -0.05) is 50.3 Å². The molecule has 2 aliphatic rings. The minimum absolute atomic E-state index is 0.342. The van der Waals surface area contributed by atoms with Gasteiger partial charge in [0.05, 0.1) is 0 Å². The van der Waals surface area contributed by atoms with Gasteiger partial charge >= 0.3 is 0 Å². The van der Waals surface area contributed by atoms with E-state index in [9.17, 15) is 0 Å². The van der Waals surface area contributed by atoms with Gasteiger partial charge in [0.15, 0.2) is 0 Å². The molecule has 0 aliphatic heterocycles. The number of halogens is 1. The molecular weight excluding hydrogens is 282 g/mol. The van der Waals surface area contributed by atoms with Gasteiger partial charge < -0.3 is 10.1 Å². The molecule has 1 aromatic carbocycles. The largest absolute Gasteiger partial charge is 0.490 e. The Bertz CT molecular complexity index is 468. The topological polar surface area (TPSA) is 21.3 Å². The average molecular weight is 308 g/mol. The number of ether oxygens (including phenoxy) is 1. The Kier molecular flexibility index (Phi) is 4.75. The maximum absolute atomic E-state index is 6.33. The lowest BCUT2D eigenvalue weighted by Crippen LogP contribution is -2.64. The quantitative estimate of drug-likeness (QED) is 0.862. The van der Waals surface area contributed by atoms with Crippen LogP contribution in [0, 0.1) is 5.41 Å². The Balaban J connectivity index is 1.75. The van der Waals surface area contributed by atoms with Gasteiger partial charge in [0.25, 0.3) is 0 Å². The minimum atomic E-state index is 0.342. The molecule has 3 heteroatoms. The molecule has 0 saturated heterocycles. The number of hydrogen-bond acceptors (Lipinski definition) is 2. The molecule has 1 N–H and O–H groups in total. The number of benzene rings is 1. The maximum Gasteiger partial charge on any atom is 0.121 e. The van der Waals surface area contributed by atoms with Crippen molar-refractivity contribution in [2.24, 2.45) is 5.41 Å². The van der Waals surface area contributed by atoms with Crippen LogP contribution in [0.25, 0.3) is 0 Å². The predicted octanol–water partition coefficient (Wildman–Crippen LogP) is 4.81. The zero-order chi connectivity index (χ0) is 14.7. The van der Waals surface area contributed by atoms with Crippen molar-refractivity contribution < 1.29 is 4.74 Å². The molecule has 2 fully saturated rings. The summed E-state index contributed by atoms with van der Waals surface area (Å²) in [4.78, 5) is 0. The molecule has 21 heavy (non-hydrogen) atoms. The van der Waals surface area contributed by atoms with Crippen LogP contribution in [0.4, 0.5) is 0 Å². The summed E-state index contributed by atoms with van der Waals surface area (Å²) in [6, 6.07) is 8.46. The van der Waals surface area contributed by atoms with Crippen LogP contribution in [0.3, 0.4) is 0 Å². The highest BCUT2D eigenvalue weighted by Gasteiger charge is 2.55. The first kappa shape index (κ1) is 15.2. The van der Waals surface area contributed by atoms with Gasteiger partial charge in [0, 0.05) is 22.9 Å². The first-order chi connectivity index (χ1) is 10.2. The minimum Gasteiger partial charge on any atom is -0.490 e. The molecule has 2 saturated carbocycles. The van der Waals surface area contributed by atoms with Gasteiger partial charge in [-0.15, -0.1) is 0 Å². The lowest BCUT2D eigenvalue weighted by molar-refractivity contribution is -0.0900. The summed E-state index contributed by atoms with van der Waals surface area (Å²) in [5.74, 6) is 0.922. The lowest BCUT2D eigenvalue weighted by atomic mass is 9.57. The van der Waals surface area contributed by atoms with E-state index >= 15 is 0 Å². The fourth-order valence-electron chi connectivity index (χ4n) is 4.21. The van der Waals surface area contributed by atoms with Crippen LogP contribution < -0.4 is 10.1 Å². The molecule has 2 nitrogen and oxygen atoms in total. The summed E-state index contributed by atoms with van der Waals surface area (Å²) >= 11 is 6.08.